The van der Waals surface area contributed by atoms with Crippen LogP contribution in [0.3, 0.4) is 0 Å². The lowest BCUT2D eigenvalue weighted by molar-refractivity contribution is 0.315. The second-order valence-corrected chi connectivity index (χ2v) is 6.43. The van der Waals surface area contributed by atoms with Crippen molar-refractivity contribution in [1.29, 1.82) is 0 Å². The fourth-order valence-electron chi connectivity index (χ4n) is 2.39. The Hall–Kier alpha value is -0.840. The van der Waals surface area contributed by atoms with Crippen LogP contribution in [-0.4, -0.2) is 6.61 Å². The number of ether oxygens (including phenoxy) is 1. The van der Waals surface area contributed by atoms with Crippen molar-refractivity contribution in [2.24, 2.45) is 0 Å². The van der Waals surface area contributed by atoms with Crippen LogP contribution in [0.25, 0.3) is 0 Å². The summed E-state index contributed by atoms with van der Waals surface area (Å²) in [7, 11) is 0. The minimum absolute atomic E-state index is 0.380. The summed E-state index contributed by atoms with van der Waals surface area (Å²) < 4.78 is 6.90. The van der Waals surface area contributed by atoms with E-state index in [0.29, 0.717) is 6.04 Å². The van der Waals surface area contributed by atoms with Crippen molar-refractivity contribution in [1.82, 2.24) is 5.32 Å². The van der Waals surface area contributed by atoms with E-state index in [1.54, 1.807) is 11.3 Å². The second kappa shape index (κ2) is 6.07. The number of nitrogens with one attached hydrogen (secondary N) is 1. The average molecular weight is 338 g/mol. The van der Waals surface area contributed by atoms with Crippen LogP contribution < -0.4 is 10.1 Å². The Morgan fingerprint density at radius 3 is 3.16 bits per heavy atom. The highest BCUT2D eigenvalue weighted by atomic mass is 79.9. The lowest BCUT2D eigenvalue weighted by Crippen LogP contribution is -2.20. The molecule has 1 aromatic heterocycles. The normalized spacial score (nSPS) is 18.5. The lowest BCUT2D eigenvalue weighted by atomic mass is 10.0. The highest BCUT2D eigenvalue weighted by Gasteiger charge is 2.19. The van der Waals surface area contributed by atoms with Gasteiger partial charge in [0.15, 0.2) is 0 Å². The zero-order valence-electron chi connectivity index (χ0n) is 10.6. The summed E-state index contributed by atoms with van der Waals surface area (Å²) in [5.74, 6) is 1.01. The van der Waals surface area contributed by atoms with Gasteiger partial charge in [-0.05, 0) is 47.4 Å². The van der Waals surface area contributed by atoms with Gasteiger partial charge in [-0.15, -0.1) is 0 Å². The van der Waals surface area contributed by atoms with Gasteiger partial charge < -0.3 is 10.1 Å². The number of fused-ring (bicyclic) bond motifs is 1. The van der Waals surface area contributed by atoms with Gasteiger partial charge in [0.2, 0.25) is 0 Å². The van der Waals surface area contributed by atoms with Gasteiger partial charge in [-0.1, -0.05) is 22.0 Å². The number of benzene rings is 1. The Morgan fingerprint density at radius 2 is 2.32 bits per heavy atom. The molecule has 1 aliphatic rings. The molecular formula is C15H16BrNOS. The SMILES string of the molecule is Brc1ccc2c(c1)OCCCC2NCc1ccsc1. The third-order valence-electron chi connectivity index (χ3n) is 3.38. The summed E-state index contributed by atoms with van der Waals surface area (Å²) in [4.78, 5) is 0. The first-order valence-corrected chi connectivity index (χ1v) is 8.23. The number of hydrogen-bond donors (Lipinski definition) is 1. The van der Waals surface area contributed by atoms with Gasteiger partial charge >= 0.3 is 0 Å². The third kappa shape index (κ3) is 3.19. The molecule has 100 valence electrons. The first-order chi connectivity index (χ1) is 9.33. The van der Waals surface area contributed by atoms with Gasteiger partial charge in [0, 0.05) is 22.6 Å². The van der Waals surface area contributed by atoms with Crippen molar-refractivity contribution in [3.05, 3.63) is 50.6 Å². The van der Waals surface area contributed by atoms with Crippen LogP contribution in [0.5, 0.6) is 5.75 Å². The number of hydrogen-bond acceptors (Lipinski definition) is 3. The molecule has 0 spiro atoms. The molecule has 0 saturated heterocycles. The summed E-state index contributed by atoms with van der Waals surface area (Å²) in [6.45, 7) is 1.73. The van der Waals surface area contributed by atoms with Crippen molar-refractivity contribution in [3.63, 3.8) is 0 Å². The molecule has 1 N–H and O–H groups in total. The Kier molecular flexibility index (Phi) is 4.21. The molecule has 2 aromatic rings. The van der Waals surface area contributed by atoms with E-state index in [1.807, 2.05) is 0 Å². The monoisotopic (exact) mass is 337 g/mol. The molecule has 4 heteroatoms. The fourth-order valence-corrected chi connectivity index (χ4v) is 3.40. The summed E-state index contributed by atoms with van der Waals surface area (Å²) >= 11 is 5.25. The van der Waals surface area contributed by atoms with E-state index in [-0.39, 0.29) is 0 Å². The molecule has 1 unspecified atom stereocenters. The quantitative estimate of drug-likeness (QED) is 0.889. The molecule has 1 aromatic carbocycles. The van der Waals surface area contributed by atoms with E-state index >= 15 is 0 Å². The minimum atomic E-state index is 0.380. The minimum Gasteiger partial charge on any atom is -0.493 e. The van der Waals surface area contributed by atoms with Crippen molar-refractivity contribution in [2.75, 3.05) is 6.61 Å². The zero-order valence-corrected chi connectivity index (χ0v) is 13.0. The molecule has 0 radical (unpaired) electrons. The maximum Gasteiger partial charge on any atom is 0.125 e. The zero-order chi connectivity index (χ0) is 13.1. The van der Waals surface area contributed by atoms with Crippen LogP contribution in [0.1, 0.15) is 30.0 Å². The average Bonchev–Trinajstić information content (AvgIpc) is 2.84. The lowest BCUT2D eigenvalue weighted by Gasteiger charge is -2.18. The Bertz CT molecular complexity index is 541. The number of halogens is 1. The molecule has 1 atom stereocenters. The topological polar surface area (TPSA) is 21.3 Å². The van der Waals surface area contributed by atoms with Crippen LogP contribution in [-0.2, 0) is 6.54 Å². The third-order valence-corrected chi connectivity index (χ3v) is 4.60. The molecule has 19 heavy (non-hydrogen) atoms. The van der Waals surface area contributed by atoms with Crippen LogP contribution in [0.4, 0.5) is 0 Å². The van der Waals surface area contributed by atoms with E-state index in [4.69, 9.17) is 4.74 Å². The van der Waals surface area contributed by atoms with Gasteiger partial charge in [-0.3, -0.25) is 0 Å². The molecular weight excluding hydrogens is 322 g/mol. The second-order valence-electron chi connectivity index (χ2n) is 4.74. The fraction of sp³-hybridized carbons (Fsp3) is 0.333. The standard InChI is InChI=1S/C15H16BrNOS/c16-12-3-4-13-14(2-1-6-18-15(13)8-12)17-9-11-5-7-19-10-11/h3-5,7-8,10,14,17H,1-2,6,9H2. The predicted molar refractivity (Wildman–Crippen MR) is 82.8 cm³/mol. The molecule has 2 nitrogen and oxygen atoms in total. The van der Waals surface area contributed by atoms with Crippen molar-refractivity contribution in [2.45, 2.75) is 25.4 Å². The first kappa shape index (κ1) is 13.2. The number of thiophene rings is 1. The molecule has 0 amide bonds. The van der Waals surface area contributed by atoms with Gasteiger partial charge in [0.25, 0.3) is 0 Å². The van der Waals surface area contributed by atoms with E-state index < -0.39 is 0 Å². The smallest absolute Gasteiger partial charge is 0.125 e. The maximum absolute atomic E-state index is 5.83. The van der Waals surface area contributed by atoms with E-state index in [9.17, 15) is 0 Å². The van der Waals surface area contributed by atoms with Crippen molar-refractivity contribution >= 4 is 27.3 Å². The van der Waals surface area contributed by atoms with Crippen molar-refractivity contribution in [3.8, 4) is 5.75 Å². The Labute approximate surface area is 125 Å². The Morgan fingerprint density at radius 1 is 1.37 bits per heavy atom. The van der Waals surface area contributed by atoms with Crippen LogP contribution >= 0.6 is 27.3 Å². The van der Waals surface area contributed by atoms with Crippen LogP contribution in [0.15, 0.2) is 39.5 Å². The predicted octanol–water partition coefficient (Wildman–Crippen LogP) is 4.51. The van der Waals surface area contributed by atoms with E-state index in [1.165, 1.54) is 11.1 Å². The maximum atomic E-state index is 5.83. The molecule has 0 saturated carbocycles. The molecule has 2 heterocycles. The van der Waals surface area contributed by atoms with E-state index in [2.05, 4.69) is 56.3 Å². The summed E-state index contributed by atoms with van der Waals surface area (Å²) in [5.41, 5.74) is 2.63. The van der Waals surface area contributed by atoms with Crippen molar-refractivity contribution < 1.29 is 4.74 Å². The molecule has 3 rings (SSSR count). The first-order valence-electron chi connectivity index (χ1n) is 6.49. The highest BCUT2D eigenvalue weighted by Crippen LogP contribution is 2.33. The molecule has 1 aliphatic heterocycles. The van der Waals surface area contributed by atoms with Crippen LogP contribution in [0, 0.1) is 0 Å². The summed E-state index contributed by atoms with van der Waals surface area (Å²) in [6.07, 6.45) is 2.21. The van der Waals surface area contributed by atoms with Gasteiger partial charge in [0.05, 0.1) is 6.61 Å². The highest BCUT2D eigenvalue weighted by molar-refractivity contribution is 9.10. The molecule has 0 bridgehead atoms. The summed E-state index contributed by atoms with van der Waals surface area (Å²) in [6, 6.07) is 8.88. The van der Waals surface area contributed by atoms with Crippen LogP contribution in [0.2, 0.25) is 0 Å². The molecule has 0 fully saturated rings. The Balaban J connectivity index is 1.78. The van der Waals surface area contributed by atoms with E-state index in [0.717, 1.165) is 36.2 Å². The molecule has 0 aliphatic carbocycles. The van der Waals surface area contributed by atoms with Gasteiger partial charge in [-0.2, -0.15) is 11.3 Å². The van der Waals surface area contributed by atoms with Gasteiger partial charge in [-0.25, -0.2) is 0 Å². The summed E-state index contributed by atoms with van der Waals surface area (Å²) in [5, 5.41) is 7.97. The number of rotatable bonds is 3. The van der Waals surface area contributed by atoms with Gasteiger partial charge in [0.1, 0.15) is 5.75 Å². The largest absolute Gasteiger partial charge is 0.493 e.